The first kappa shape index (κ1) is 11.7. The standard InChI is InChI=1S/C12H23N3O/c13-9-12(5-1-2-6-12)10-14-11(16)15-7-3-4-8-15/h1-10,13H2,(H,14,16). The highest BCUT2D eigenvalue weighted by Crippen LogP contribution is 2.36. The van der Waals surface area contributed by atoms with Crippen LogP contribution in [0.15, 0.2) is 0 Å². The molecular weight excluding hydrogens is 202 g/mol. The highest BCUT2D eigenvalue weighted by Gasteiger charge is 2.33. The van der Waals surface area contributed by atoms with E-state index in [0.29, 0.717) is 6.54 Å². The fourth-order valence-corrected chi connectivity index (χ4v) is 2.87. The fourth-order valence-electron chi connectivity index (χ4n) is 2.87. The molecule has 0 aromatic rings. The molecule has 1 saturated carbocycles. The zero-order chi connectivity index (χ0) is 11.4. The average Bonchev–Trinajstić information content (AvgIpc) is 2.98. The molecule has 0 atom stereocenters. The summed E-state index contributed by atoms with van der Waals surface area (Å²) in [7, 11) is 0. The summed E-state index contributed by atoms with van der Waals surface area (Å²) in [5.74, 6) is 0. The number of rotatable bonds is 3. The van der Waals surface area contributed by atoms with Gasteiger partial charge in [-0.1, -0.05) is 12.8 Å². The van der Waals surface area contributed by atoms with E-state index in [1.807, 2.05) is 4.90 Å². The number of hydrogen-bond donors (Lipinski definition) is 2. The van der Waals surface area contributed by atoms with Crippen LogP contribution >= 0.6 is 0 Å². The number of likely N-dealkylation sites (tertiary alicyclic amines) is 1. The molecule has 1 heterocycles. The summed E-state index contributed by atoms with van der Waals surface area (Å²) in [6.45, 7) is 3.30. The Labute approximate surface area is 97.6 Å². The van der Waals surface area contributed by atoms with Crippen LogP contribution in [0.25, 0.3) is 0 Å². The summed E-state index contributed by atoms with van der Waals surface area (Å²) in [5, 5.41) is 3.07. The predicted octanol–water partition coefficient (Wildman–Crippen LogP) is 1.31. The minimum atomic E-state index is 0.109. The van der Waals surface area contributed by atoms with E-state index < -0.39 is 0 Å². The Kier molecular flexibility index (Phi) is 3.69. The van der Waals surface area contributed by atoms with Gasteiger partial charge in [-0.2, -0.15) is 0 Å². The molecule has 0 aromatic heterocycles. The molecule has 0 unspecified atom stereocenters. The number of hydrogen-bond acceptors (Lipinski definition) is 2. The molecule has 4 nitrogen and oxygen atoms in total. The smallest absolute Gasteiger partial charge is 0.317 e. The van der Waals surface area contributed by atoms with Crippen LogP contribution in [0.2, 0.25) is 0 Å². The molecule has 16 heavy (non-hydrogen) atoms. The summed E-state index contributed by atoms with van der Waals surface area (Å²) >= 11 is 0. The van der Waals surface area contributed by atoms with Crippen molar-refractivity contribution in [1.29, 1.82) is 0 Å². The largest absolute Gasteiger partial charge is 0.337 e. The Morgan fingerprint density at radius 3 is 2.38 bits per heavy atom. The third-order valence-corrected chi connectivity index (χ3v) is 4.11. The molecule has 2 fully saturated rings. The zero-order valence-electron chi connectivity index (χ0n) is 10.0. The Balaban J connectivity index is 1.79. The first-order valence-corrected chi connectivity index (χ1v) is 6.49. The van der Waals surface area contributed by atoms with Crippen molar-refractivity contribution in [2.75, 3.05) is 26.2 Å². The van der Waals surface area contributed by atoms with Gasteiger partial charge < -0.3 is 16.0 Å². The number of nitrogens with zero attached hydrogens (tertiary/aromatic N) is 1. The minimum absolute atomic E-state index is 0.109. The van der Waals surface area contributed by atoms with Crippen molar-refractivity contribution in [2.24, 2.45) is 11.1 Å². The lowest BCUT2D eigenvalue weighted by molar-refractivity contribution is 0.199. The van der Waals surface area contributed by atoms with Crippen LogP contribution in [0.4, 0.5) is 4.79 Å². The Morgan fingerprint density at radius 2 is 1.81 bits per heavy atom. The summed E-state index contributed by atoms with van der Waals surface area (Å²) in [5.41, 5.74) is 6.03. The molecule has 1 aliphatic heterocycles. The average molecular weight is 225 g/mol. The lowest BCUT2D eigenvalue weighted by atomic mass is 9.86. The van der Waals surface area contributed by atoms with Gasteiger partial charge in [0.25, 0.3) is 0 Å². The summed E-state index contributed by atoms with van der Waals surface area (Å²) in [6, 6.07) is 0.109. The quantitative estimate of drug-likeness (QED) is 0.761. The molecule has 0 spiro atoms. The van der Waals surface area contributed by atoms with Crippen LogP contribution in [0.5, 0.6) is 0 Å². The molecule has 2 amide bonds. The Bertz CT molecular complexity index is 243. The second-order valence-corrected chi connectivity index (χ2v) is 5.26. The van der Waals surface area contributed by atoms with Gasteiger partial charge in [-0.3, -0.25) is 0 Å². The fraction of sp³-hybridized carbons (Fsp3) is 0.917. The molecule has 0 bridgehead atoms. The van der Waals surface area contributed by atoms with Crippen molar-refractivity contribution in [3.05, 3.63) is 0 Å². The number of nitrogens with one attached hydrogen (secondary N) is 1. The van der Waals surface area contributed by atoms with Gasteiger partial charge in [0.15, 0.2) is 0 Å². The number of urea groups is 1. The van der Waals surface area contributed by atoms with Crippen LogP contribution in [-0.4, -0.2) is 37.1 Å². The van der Waals surface area contributed by atoms with Crippen molar-refractivity contribution in [3.8, 4) is 0 Å². The van der Waals surface area contributed by atoms with Crippen LogP contribution in [0, 0.1) is 5.41 Å². The zero-order valence-corrected chi connectivity index (χ0v) is 10.0. The van der Waals surface area contributed by atoms with E-state index in [9.17, 15) is 4.79 Å². The number of carbonyl (C=O) groups excluding carboxylic acids is 1. The number of carbonyl (C=O) groups is 1. The molecule has 1 aliphatic carbocycles. The lowest BCUT2D eigenvalue weighted by Gasteiger charge is -2.28. The molecule has 4 heteroatoms. The first-order valence-electron chi connectivity index (χ1n) is 6.49. The van der Waals surface area contributed by atoms with E-state index in [-0.39, 0.29) is 11.4 Å². The number of amides is 2. The van der Waals surface area contributed by atoms with E-state index in [0.717, 1.165) is 32.5 Å². The lowest BCUT2D eigenvalue weighted by Crippen LogP contribution is -2.45. The predicted molar refractivity (Wildman–Crippen MR) is 64.2 cm³/mol. The normalized spacial score (nSPS) is 23.7. The van der Waals surface area contributed by atoms with Gasteiger partial charge in [0.2, 0.25) is 0 Å². The van der Waals surface area contributed by atoms with E-state index in [1.54, 1.807) is 0 Å². The maximum Gasteiger partial charge on any atom is 0.317 e. The highest BCUT2D eigenvalue weighted by atomic mass is 16.2. The molecule has 92 valence electrons. The molecule has 2 aliphatic rings. The van der Waals surface area contributed by atoms with Gasteiger partial charge in [0.05, 0.1) is 0 Å². The first-order chi connectivity index (χ1) is 7.76. The molecule has 1 saturated heterocycles. The summed E-state index contributed by atoms with van der Waals surface area (Å²) in [6.07, 6.45) is 7.16. The van der Waals surface area contributed by atoms with Crippen LogP contribution in [-0.2, 0) is 0 Å². The van der Waals surface area contributed by atoms with Gasteiger partial charge in [-0.15, -0.1) is 0 Å². The van der Waals surface area contributed by atoms with E-state index in [1.165, 1.54) is 25.7 Å². The summed E-state index contributed by atoms with van der Waals surface area (Å²) < 4.78 is 0. The van der Waals surface area contributed by atoms with Crippen LogP contribution in [0.3, 0.4) is 0 Å². The van der Waals surface area contributed by atoms with Crippen LogP contribution in [0.1, 0.15) is 38.5 Å². The van der Waals surface area contributed by atoms with Gasteiger partial charge in [0, 0.05) is 25.0 Å². The minimum Gasteiger partial charge on any atom is -0.337 e. The van der Waals surface area contributed by atoms with E-state index >= 15 is 0 Å². The van der Waals surface area contributed by atoms with E-state index in [4.69, 9.17) is 5.73 Å². The summed E-state index contributed by atoms with van der Waals surface area (Å²) in [4.78, 5) is 13.8. The maximum absolute atomic E-state index is 11.8. The third-order valence-electron chi connectivity index (χ3n) is 4.11. The van der Waals surface area contributed by atoms with Crippen LogP contribution < -0.4 is 11.1 Å². The molecule has 2 rings (SSSR count). The van der Waals surface area contributed by atoms with Crippen molar-refractivity contribution in [2.45, 2.75) is 38.5 Å². The molecule has 0 radical (unpaired) electrons. The van der Waals surface area contributed by atoms with Crippen molar-refractivity contribution < 1.29 is 4.79 Å². The number of nitrogens with two attached hydrogens (primary N) is 1. The van der Waals surface area contributed by atoms with Gasteiger partial charge in [0.1, 0.15) is 0 Å². The van der Waals surface area contributed by atoms with Gasteiger partial charge >= 0.3 is 6.03 Å². The monoisotopic (exact) mass is 225 g/mol. The Hall–Kier alpha value is -0.770. The topological polar surface area (TPSA) is 58.4 Å². The second-order valence-electron chi connectivity index (χ2n) is 5.26. The molecular formula is C12H23N3O. The Morgan fingerprint density at radius 1 is 1.19 bits per heavy atom. The van der Waals surface area contributed by atoms with Crippen molar-refractivity contribution >= 4 is 6.03 Å². The maximum atomic E-state index is 11.8. The molecule has 0 aromatic carbocycles. The van der Waals surface area contributed by atoms with Crippen molar-refractivity contribution in [1.82, 2.24) is 10.2 Å². The molecule has 3 N–H and O–H groups in total. The van der Waals surface area contributed by atoms with E-state index in [2.05, 4.69) is 5.32 Å². The van der Waals surface area contributed by atoms with Gasteiger partial charge in [-0.05, 0) is 32.2 Å². The van der Waals surface area contributed by atoms with Gasteiger partial charge in [-0.25, -0.2) is 4.79 Å². The van der Waals surface area contributed by atoms with Crippen molar-refractivity contribution in [3.63, 3.8) is 0 Å². The SMILES string of the molecule is NCC1(CNC(=O)N2CCCC2)CCCC1. The second kappa shape index (κ2) is 5.04. The highest BCUT2D eigenvalue weighted by molar-refractivity contribution is 5.74. The third kappa shape index (κ3) is 2.48.